The molecule has 7 heteroatoms. The van der Waals surface area contributed by atoms with Crippen molar-refractivity contribution < 1.29 is 27.9 Å². The Morgan fingerprint density at radius 2 is 1.65 bits per heavy atom. The molecule has 4 nitrogen and oxygen atoms in total. The van der Waals surface area contributed by atoms with E-state index in [4.69, 9.17) is 0 Å². The molecule has 1 N–H and O–H groups in total. The summed E-state index contributed by atoms with van der Waals surface area (Å²) in [5, 5.41) is 9.35. The van der Waals surface area contributed by atoms with Gasteiger partial charge in [0.25, 0.3) is 0 Å². The summed E-state index contributed by atoms with van der Waals surface area (Å²) >= 11 is 0. The van der Waals surface area contributed by atoms with Crippen molar-refractivity contribution in [3.05, 3.63) is 0 Å². The molecule has 0 radical (unpaired) electrons. The first-order valence-corrected chi connectivity index (χ1v) is 9.62. The average Bonchev–Trinajstić information content (AvgIpc) is 2.51. The van der Waals surface area contributed by atoms with Gasteiger partial charge in [0, 0.05) is 13.1 Å². The molecule has 0 aromatic heterocycles. The molecule has 4 aliphatic carbocycles. The van der Waals surface area contributed by atoms with Gasteiger partial charge < -0.3 is 10.0 Å². The quantitative estimate of drug-likeness (QED) is 0.803. The van der Waals surface area contributed by atoms with Crippen molar-refractivity contribution in [2.24, 2.45) is 34.5 Å². The van der Waals surface area contributed by atoms with Gasteiger partial charge in [0.1, 0.15) is 0 Å². The SMILES string of the molecule is CC1CC(C(=O)O)CN(C(=O)C23CC4CC(C2)CC(C(F)(F)F)(C4)C3)C1. The fourth-order valence-electron chi connectivity index (χ4n) is 6.88. The topological polar surface area (TPSA) is 57.6 Å². The maximum atomic E-state index is 13.9. The van der Waals surface area contributed by atoms with Crippen molar-refractivity contribution in [3.63, 3.8) is 0 Å². The van der Waals surface area contributed by atoms with Crippen LogP contribution in [0.2, 0.25) is 0 Å². The van der Waals surface area contributed by atoms with Crippen molar-refractivity contribution in [1.29, 1.82) is 0 Å². The van der Waals surface area contributed by atoms with Crippen LogP contribution in [0.3, 0.4) is 0 Å². The number of amides is 1. The lowest BCUT2D eigenvalue weighted by atomic mass is 9.43. The maximum absolute atomic E-state index is 13.9. The molecule has 1 aliphatic heterocycles. The van der Waals surface area contributed by atoms with Gasteiger partial charge in [-0.1, -0.05) is 6.92 Å². The monoisotopic (exact) mass is 373 g/mol. The van der Waals surface area contributed by atoms with Gasteiger partial charge >= 0.3 is 12.1 Å². The Labute approximate surface area is 151 Å². The fraction of sp³-hybridized carbons (Fsp3) is 0.895. The van der Waals surface area contributed by atoms with Gasteiger partial charge in [-0.3, -0.25) is 9.59 Å². The summed E-state index contributed by atoms with van der Waals surface area (Å²) in [6.45, 7) is 2.50. The number of likely N-dealkylation sites (tertiary alicyclic amines) is 1. The van der Waals surface area contributed by atoms with E-state index in [1.807, 2.05) is 6.92 Å². The smallest absolute Gasteiger partial charge is 0.394 e. The first kappa shape index (κ1) is 18.1. The highest BCUT2D eigenvalue weighted by atomic mass is 19.4. The molecule has 1 saturated heterocycles. The van der Waals surface area contributed by atoms with Gasteiger partial charge in [0.05, 0.1) is 16.7 Å². The molecule has 0 aromatic carbocycles. The third kappa shape index (κ3) is 2.64. The van der Waals surface area contributed by atoms with E-state index >= 15 is 0 Å². The first-order chi connectivity index (χ1) is 12.0. The van der Waals surface area contributed by atoms with E-state index in [1.165, 1.54) is 0 Å². The van der Waals surface area contributed by atoms with Crippen LogP contribution in [-0.2, 0) is 9.59 Å². The number of halogens is 3. The molecular weight excluding hydrogens is 347 g/mol. The predicted molar refractivity (Wildman–Crippen MR) is 87.1 cm³/mol. The van der Waals surface area contributed by atoms with E-state index in [0.717, 1.165) is 6.42 Å². The molecule has 146 valence electrons. The number of nitrogens with zero attached hydrogens (tertiary/aromatic N) is 1. The standard InChI is InChI=1S/C19H26F3NO3/c1-11-2-14(15(24)25)9-23(8-11)16(26)17-4-12-3-13(5-17)7-18(6-12,10-17)19(20,21)22/h11-14H,2-10H2,1H3,(H,24,25). The Kier molecular flexibility index (Phi) is 3.91. The summed E-state index contributed by atoms with van der Waals surface area (Å²) in [6, 6.07) is 0. The number of carbonyl (C=O) groups is 2. The molecule has 0 aromatic rings. The van der Waals surface area contributed by atoms with E-state index < -0.39 is 28.9 Å². The highest BCUT2D eigenvalue weighted by Gasteiger charge is 2.69. The second kappa shape index (κ2) is 5.61. The van der Waals surface area contributed by atoms with Crippen LogP contribution in [0.5, 0.6) is 0 Å². The highest BCUT2D eigenvalue weighted by molar-refractivity contribution is 5.84. The number of piperidine rings is 1. The summed E-state index contributed by atoms with van der Waals surface area (Å²) in [7, 11) is 0. The molecule has 5 aliphatic rings. The van der Waals surface area contributed by atoms with Crippen LogP contribution in [0.25, 0.3) is 0 Å². The van der Waals surface area contributed by atoms with Crippen LogP contribution in [0.15, 0.2) is 0 Å². The Morgan fingerprint density at radius 1 is 1.04 bits per heavy atom. The molecule has 0 spiro atoms. The van der Waals surface area contributed by atoms with Gasteiger partial charge in [-0.05, 0) is 62.7 Å². The lowest BCUT2D eigenvalue weighted by Gasteiger charge is -2.62. The van der Waals surface area contributed by atoms with Crippen LogP contribution in [0.1, 0.15) is 51.9 Å². The summed E-state index contributed by atoms with van der Waals surface area (Å²) in [5.74, 6) is -1.75. The summed E-state index contributed by atoms with van der Waals surface area (Å²) in [6.07, 6.45) is -1.63. The molecule has 1 amide bonds. The number of alkyl halides is 3. The molecule has 4 saturated carbocycles. The Morgan fingerprint density at radius 3 is 2.19 bits per heavy atom. The van der Waals surface area contributed by atoms with Crippen molar-refractivity contribution in [2.75, 3.05) is 13.1 Å². The van der Waals surface area contributed by atoms with Gasteiger partial charge in [0.15, 0.2) is 0 Å². The molecule has 5 rings (SSSR count). The number of carboxylic acids is 1. The second-order valence-electron chi connectivity index (χ2n) is 9.61. The van der Waals surface area contributed by atoms with Crippen molar-refractivity contribution in [3.8, 4) is 0 Å². The lowest BCUT2D eigenvalue weighted by molar-refractivity contribution is -0.285. The predicted octanol–water partition coefficient (Wildman–Crippen LogP) is 3.70. The zero-order valence-electron chi connectivity index (χ0n) is 15.0. The number of aliphatic carboxylic acids is 1. The highest BCUT2D eigenvalue weighted by Crippen LogP contribution is 2.69. The fourth-order valence-corrected chi connectivity index (χ4v) is 6.88. The third-order valence-electron chi connectivity index (χ3n) is 7.41. The van der Waals surface area contributed by atoms with Crippen molar-refractivity contribution in [2.45, 2.75) is 58.0 Å². The minimum absolute atomic E-state index is 0.0284. The maximum Gasteiger partial charge on any atom is 0.394 e. The molecule has 4 unspecified atom stereocenters. The number of rotatable bonds is 2. The molecule has 1 heterocycles. The largest absolute Gasteiger partial charge is 0.481 e. The number of hydrogen-bond acceptors (Lipinski definition) is 2. The summed E-state index contributed by atoms with van der Waals surface area (Å²) < 4.78 is 41.7. The van der Waals surface area contributed by atoms with Gasteiger partial charge in [-0.25, -0.2) is 0 Å². The zero-order valence-corrected chi connectivity index (χ0v) is 15.0. The molecular formula is C19H26F3NO3. The number of hydrogen-bond donors (Lipinski definition) is 1. The van der Waals surface area contributed by atoms with Crippen LogP contribution < -0.4 is 0 Å². The van der Waals surface area contributed by atoms with Crippen LogP contribution in [0, 0.1) is 34.5 Å². The Hall–Kier alpha value is -1.27. The molecule has 4 atom stereocenters. The van der Waals surface area contributed by atoms with Crippen LogP contribution in [0.4, 0.5) is 13.2 Å². The zero-order chi connectivity index (χ0) is 18.9. The van der Waals surface area contributed by atoms with Gasteiger partial charge in [-0.2, -0.15) is 13.2 Å². The number of carbonyl (C=O) groups excluding carboxylic acids is 1. The van der Waals surface area contributed by atoms with Crippen molar-refractivity contribution >= 4 is 11.9 Å². The minimum atomic E-state index is -4.27. The van der Waals surface area contributed by atoms with Gasteiger partial charge in [-0.15, -0.1) is 0 Å². The van der Waals surface area contributed by atoms with E-state index in [9.17, 15) is 27.9 Å². The molecule has 4 bridgehead atoms. The first-order valence-electron chi connectivity index (χ1n) is 9.62. The lowest BCUT2D eigenvalue weighted by Crippen LogP contribution is -2.62. The van der Waals surface area contributed by atoms with Crippen molar-refractivity contribution in [1.82, 2.24) is 4.90 Å². The summed E-state index contributed by atoms with van der Waals surface area (Å²) in [4.78, 5) is 26.4. The van der Waals surface area contributed by atoms with Crippen LogP contribution in [-0.4, -0.2) is 41.1 Å². The minimum Gasteiger partial charge on any atom is -0.481 e. The Bertz CT molecular complexity index is 618. The summed E-state index contributed by atoms with van der Waals surface area (Å²) in [5.41, 5.74) is -2.64. The average molecular weight is 373 g/mol. The second-order valence-corrected chi connectivity index (χ2v) is 9.61. The van der Waals surface area contributed by atoms with Gasteiger partial charge in [0.2, 0.25) is 5.91 Å². The number of carboxylic acid groups (broad SMARTS) is 1. The Balaban J connectivity index is 1.62. The van der Waals surface area contributed by atoms with Crippen LogP contribution >= 0.6 is 0 Å². The van der Waals surface area contributed by atoms with E-state index in [2.05, 4.69) is 0 Å². The van der Waals surface area contributed by atoms with E-state index in [1.54, 1.807) is 4.90 Å². The third-order valence-corrected chi connectivity index (χ3v) is 7.41. The molecule has 26 heavy (non-hydrogen) atoms. The van der Waals surface area contributed by atoms with E-state index in [0.29, 0.717) is 25.8 Å². The molecule has 5 fully saturated rings. The normalized spacial score (nSPS) is 45.0. The van der Waals surface area contributed by atoms with E-state index in [-0.39, 0.29) is 49.5 Å².